The molecule has 0 radical (unpaired) electrons. The molecule has 1 aliphatic rings. The van der Waals surface area contributed by atoms with Crippen LogP contribution in [0.25, 0.3) is 49.9 Å². The van der Waals surface area contributed by atoms with Crippen molar-refractivity contribution in [3.05, 3.63) is 97.1 Å². The molecule has 39 heavy (non-hydrogen) atoms. The van der Waals surface area contributed by atoms with Crippen LogP contribution in [0.5, 0.6) is 0 Å². The van der Waals surface area contributed by atoms with E-state index in [9.17, 15) is 8.78 Å². The van der Waals surface area contributed by atoms with Gasteiger partial charge in [0, 0.05) is 54.4 Å². The molecule has 6 nitrogen and oxygen atoms in total. The molecule has 1 aromatic carbocycles. The Morgan fingerprint density at radius 2 is 1.92 bits per heavy atom. The monoisotopic (exact) mass is 522 g/mol. The van der Waals surface area contributed by atoms with Crippen molar-refractivity contribution in [1.82, 2.24) is 30.0 Å². The van der Waals surface area contributed by atoms with Crippen LogP contribution in [0.1, 0.15) is 18.9 Å². The molecule has 0 amide bonds. The van der Waals surface area contributed by atoms with Crippen molar-refractivity contribution < 1.29 is 8.78 Å². The molecule has 0 spiro atoms. The third-order valence-corrected chi connectivity index (χ3v) is 7.26. The van der Waals surface area contributed by atoms with Crippen molar-refractivity contribution in [3.8, 4) is 22.5 Å². The first kappa shape index (κ1) is 24.9. The highest BCUT2D eigenvalue weighted by Crippen LogP contribution is 2.34. The fourth-order valence-electron chi connectivity index (χ4n) is 5.24. The first-order chi connectivity index (χ1) is 18.9. The van der Waals surface area contributed by atoms with Gasteiger partial charge in [-0.05, 0) is 59.5 Å². The lowest BCUT2D eigenvalue weighted by atomic mass is 9.99. The topological polar surface area (TPSA) is 73.5 Å². The van der Waals surface area contributed by atoms with Gasteiger partial charge < -0.3 is 4.98 Å². The molecule has 0 aliphatic carbocycles. The Labute approximate surface area is 224 Å². The number of alkyl halides is 2. The molecule has 8 heteroatoms. The van der Waals surface area contributed by atoms with E-state index in [1.165, 1.54) is 0 Å². The van der Waals surface area contributed by atoms with Crippen LogP contribution < -0.4 is 0 Å². The molecule has 5 heterocycles. The van der Waals surface area contributed by atoms with Crippen molar-refractivity contribution in [2.24, 2.45) is 0 Å². The molecule has 6 rings (SSSR count). The zero-order valence-electron chi connectivity index (χ0n) is 21.6. The number of likely N-dealkylation sites (tertiary alicyclic amines) is 1. The SMILES string of the molecule is C=C/C(=C\C(=C/C)c1ccc2[nH]nc(-c3cc4c(-c5ccncc5)cncc4[nH]3)c2c1)CN1CCC(F)(F)C1. The van der Waals surface area contributed by atoms with Crippen LogP contribution in [0, 0.1) is 0 Å². The van der Waals surface area contributed by atoms with Crippen LogP contribution >= 0.6 is 0 Å². The second kappa shape index (κ2) is 10.0. The van der Waals surface area contributed by atoms with E-state index in [2.05, 4.69) is 43.9 Å². The number of hydrogen-bond donors (Lipinski definition) is 2. The number of nitrogens with one attached hydrogen (secondary N) is 2. The molecule has 0 unspecified atom stereocenters. The van der Waals surface area contributed by atoms with Gasteiger partial charge >= 0.3 is 0 Å². The van der Waals surface area contributed by atoms with Gasteiger partial charge in [0.25, 0.3) is 5.92 Å². The summed E-state index contributed by atoms with van der Waals surface area (Å²) in [5, 5.41) is 9.81. The minimum Gasteiger partial charge on any atom is -0.352 e. The number of aromatic amines is 2. The van der Waals surface area contributed by atoms with E-state index in [-0.39, 0.29) is 13.0 Å². The molecule has 1 saturated heterocycles. The van der Waals surface area contributed by atoms with Crippen LogP contribution in [0.15, 0.2) is 91.6 Å². The number of allylic oxidation sites excluding steroid dienone is 3. The lowest BCUT2D eigenvalue weighted by Gasteiger charge is -2.16. The number of H-pyrrole nitrogens is 2. The van der Waals surface area contributed by atoms with Crippen molar-refractivity contribution in [3.63, 3.8) is 0 Å². The summed E-state index contributed by atoms with van der Waals surface area (Å²) in [6, 6.07) is 12.2. The molecule has 1 fully saturated rings. The summed E-state index contributed by atoms with van der Waals surface area (Å²) in [7, 11) is 0. The summed E-state index contributed by atoms with van der Waals surface area (Å²) in [6.07, 6.45) is 12.9. The normalized spacial score (nSPS) is 16.4. The highest BCUT2D eigenvalue weighted by atomic mass is 19.3. The van der Waals surface area contributed by atoms with Gasteiger partial charge in [0.1, 0.15) is 5.69 Å². The molecule has 0 bridgehead atoms. The minimum absolute atomic E-state index is 0.0955. The Morgan fingerprint density at radius 3 is 2.67 bits per heavy atom. The molecule has 0 saturated carbocycles. The van der Waals surface area contributed by atoms with Gasteiger partial charge in [-0.1, -0.05) is 30.9 Å². The summed E-state index contributed by atoms with van der Waals surface area (Å²) in [4.78, 5) is 13.8. The standard InChI is InChI=1S/C31H28F2N6/c1-3-20(18-39-12-9-31(32,33)19-39)13-21(4-2)23-5-6-27-25(14-23)30(38-37-27)28-15-24-26(16-35-17-29(24)36-28)22-7-10-34-11-8-22/h3-8,10-11,13-17,36H,1,9,12,18-19H2,2H3,(H,37,38)/b20-13+,21-4+. The summed E-state index contributed by atoms with van der Waals surface area (Å²) in [5.74, 6) is -2.61. The number of nitrogens with zero attached hydrogens (tertiary/aromatic N) is 4. The number of rotatable bonds is 7. The predicted molar refractivity (Wildman–Crippen MR) is 152 cm³/mol. The van der Waals surface area contributed by atoms with Gasteiger partial charge in [0.15, 0.2) is 0 Å². The molecule has 0 atom stereocenters. The first-order valence-corrected chi connectivity index (χ1v) is 12.9. The Morgan fingerprint density at radius 1 is 1.08 bits per heavy atom. The van der Waals surface area contributed by atoms with E-state index in [0.717, 1.165) is 61.0 Å². The molecule has 196 valence electrons. The summed E-state index contributed by atoms with van der Waals surface area (Å²) in [6.45, 7) is 6.52. The number of pyridine rings is 2. The zero-order chi connectivity index (χ0) is 27.0. The zero-order valence-corrected chi connectivity index (χ0v) is 21.6. The number of halogens is 2. The van der Waals surface area contributed by atoms with Crippen LogP contribution in [0.2, 0.25) is 0 Å². The maximum absolute atomic E-state index is 13.7. The second-order valence-electron chi connectivity index (χ2n) is 9.88. The quantitative estimate of drug-likeness (QED) is 0.225. The molecule has 1 aliphatic heterocycles. The fraction of sp³-hybridized carbons (Fsp3) is 0.194. The van der Waals surface area contributed by atoms with Gasteiger partial charge in [0.2, 0.25) is 0 Å². The second-order valence-corrected chi connectivity index (χ2v) is 9.88. The van der Waals surface area contributed by atoms with Gasteiger partial charge in [-0.2, -0.15) is 5.10 Å². The number of hydrogen-bond acceptors (Lipinski definition) is 4. The Bertz CT molecular complexity index is 1730. The largest absolute Gasteiger partial charge is 0.352 e. The van der Waals surface area contributed by atoms with Gasteiger partial charge in [-0.15, -0.1) is 0 Å². The van der Waals surface area contributed by atoms with Crippen LogP contribution in [-0.2, 0) is 0 Å². The Hall–Kier alpha value is -4.43. The van der Waals surface area contributed by atoms with Gasteiger partial charge in [0.05, 0.1) is 29.5 Å². The first-order valence-electron chi connectivity index (χ1n) is 12.9. The average molecular weight is 523 g/mol. The maximum atomic E-state index is 13.7. The van der Waals surface area contributed by atoms with Crippen molar-refractivity contribution in [2.75, 3.05) is 19.6 Å². The van der Waals surface area contributed by atoms with E-state index >= 15 is 0 Å². The maximum Gasteiger partial charge on any atom is 0.261 e. The highest BCUT2D eigenvalue weighted by molar-refractivity contribution is 6.01. The smallest absolute Gasteiger partial charge is 0.261 e. The van der Waals surface area contributed by atoms with E-state index in [1.54, 1.807) is 23.4 Å². The third-order valence-electron chi connectivity index (χ3n) is 7.26. The third kappa shape index (κ3) is 4.91. The molecular formula is C31H28F2N6. The summed E-state index contributed by atoms with van der Waals surface area (Å²) in [5.41, 5.74) is 8.51. The van der Waals surface area contributed by atoms with E-state index in [4.69, 9.17) is 0 Å². The Kier molecular flexibility index (Phi) is 6.40. The predicted octanol–water partition coefficient (Wildman–Crippen LogP) is 7.02. The minimum atomic E-state index is -2.61. The lowest BCUT2D eigenvalue weighted by Crippen LogP contribution is -2.26. The van der Waals surface area contributed by atoms with Crippen LogP contribution in [0.4, 0.5) is 8.78 Å². The fourth-order valence-corrected chi connectivity index (χ4v) is 5.24. The van der Waals surface area contributed by atoms with E-state index in [0.29, 0.717) is 13.1 Å². The average Bonchev–Trinajstić information content (AvgIpc) is 3.66. The number of aromatic nitrogens is 5. The molecule has 5 aromatic rings. The highest BCUT2D eigenvalue weighted by Gasteiger charge is 2.37. The molecular weight excluding hydrogens is 494 g/mol. The Balaban J connectivity index is 1.35. The number of fused-ring (bicyclic) bond motifs is 2. The van der Waals surface area contributed by atoms with Crippen LogP contribution in [-0.4, -0.2) is 55.6 Å². The van der Waals surface area contributed by atoms with E-state index < -0.39 is 5.92 Å². The van der Waals surface area contributed by atoms with Gasteiger partial charge in [-0.3, -0.25) is 20.0 Å². The molecule has 2 N–H and O–H groups in total. The van der Waals surface area contributed by atoms with Gasteiger partial charge in [-0.25, -0.2) is 8.78 Å². The lowest BCUT2D eigenvalue weighted by molar-refractivity contribution is 0.0131. The van der Waals surface area contributed by atoms with Crippen LogP contribution in [0.3, 0.4) is 0 Å². The van der Waals surface area contributed by atoms with Crippen molar-refractivity contribution in [2.45, 2.75) is 19.3 Å². The summed E-state index contributed by atoms with van der Waals surface area (Å²) < 4.78 is 27.4. The van der Waals surface area contributed by atoms with Crippen molar-refractivity contribution in [1.29, 1.82) is 0 Å². The van der Waals surface area contributed by atoms with E-state index in [1.807, 2.05) is 55.7 Å². The summed E-state index contributed by atoms with van der Waals surface area (Å²) >= 11 is 0. The number of benzene rings is 1. The molecule has 4 aromatic heterocycles. The van der Waals surface area contributed by atoms with Crippen molar-refractivity contribution >= 4 is 27.4 Å².